The molecule has 48 heavy (non-hydrogen) atoms. The van der Waals surface area contributed by atoms with Crippen molar-refractivity contribution < 1.29 is 37.3 Å². The number of carbonyl (C=O) groups excluding carboxylic acids is 2. The molecule has 13 heteroatoms. The minimum Gasteiger partial charge on any atom is -0.443 e. The number of aliphatic hydroxyl groups excluding tert-OH is 1. The Morgan fingerprint density at radius 1 is 1.15 bits per heavy atom. The molecule has 2 saturated heterocycles. The number of amides is 2. The predicted molar refractivity (Wildman–Crippen MR) is 183 cm³/mol. The second kappa shape index (κ2) is 14.5. The first-order valence-electron chi connectivity index (χ1n) is 16.1. The Bertz CT molecular complexity index is 1770. The van der Waals surface area contributed by atoms with Gasteiger partial charge in [0.05, 0.1) is 41.7 Å². The highest BCUT2D eigenvalue weighted by Crippen LogP contribution is 2.37. The molecule has 1 aromatic heterocycles. The van der Waals surface area contributed by atoms with Crippen LogP contribution in [0.4, 0.5) is 10.5 Å². The highest BCUT2D eigenvalue weighted by Gasteiger charge is 2.44. The lowest BCUT2D eigenvalue weighted by Crippen LogP contribution is -2.51. The monoisotopic (exact) mass is 695 g/mol. The van der Waals surface area contributed by atoms with E-state index in [-0.39, 0.29) is 55.0 Å². The van der Waals surface area contributed by atoms with Crippen LogP contribution in [0.3, 0.4) is 0 Å². The summed E-state index contributed by atoms with van der Waals surface area (Å²) < 4.78 is 46.6. The third-order valence-electron chi connectivity index (χ3n) is 8.73. The summed E-state index contributed by atoms with van der Waals surface area (Å²) in [5.41, 5.74) is 2.26. The van der Waals surface area contributed by atoms with Crippen molar-refractivity contribution in [2.45, 2.75) is 63.0 Å². The minimum absolute atomic E-state index is 0.000378. The van der Waals surface area contributed by atoms with E-state index in [9.17, 15) is 23.1 Å². The van der Waals surface area contributed by atoms with Gasteiger partial charge in [-0.25, -0.2) is 13.2 Å². The number of fused-ring (bicyclic) bond motifs is 2. The Morgan fingerprint density at radius 2 is 1.94 bits per heavy atom. The number of thiophene rings is 1. The van der Waals surface area contributed by atoms with Crippen molar-refractivity contribution in [3.63, 3.8) is 0 Å². The predicted octanol–water partition coefficient (Wildman–Crippen LogP) is 4.66. The molecule has 11 nitrogen and oxygen atoms in total. The zero-order valence-corrected chi connectivity index (χ0v) is 28.8. The fraction of sp³-hybridized carbons (Fsp3) is 0.429. The van der Waals surface area contributed by atoms with E-state index in [2.05, 4.69) is 10.6 Å². The van der Waals surface area contributed by atoms with Crippen LogP contribution in [0.15, 0.2) is 65.6 Å². The second-order valence-corrected chi connectivity index (χ2v) is 16.1. The van der Waals surface area contributed by atoms with Gasteiger partial charge in [0.15, 0.2) is 6.29 Å². The number of carbonyl (C=O) groups is 2. The van der Waals surface area contributed by atoms with E-state index in [1.807, 2.05) is 63.2 Å². The average molecular weight is 696 g/mol. The van der Waals surface area contributed by atoms with Gasteiger partial charge in [-0.1, -0.05) is 44.2 Å². The lowest BCUT2D eigenvalue weighted by Gasteiger charge is -2.31. The molecule has 2 aromatic carbocycles. The number of alkyl carbamates (subject to hydrolysis) is 1. The molecular formula is C35H41N3O8S2. The molecule has 4 heterocycles. The minimum atomic E-state index is -4.15. The summed E-state index contributed by atoms with van der Waals surface area (Å²) in [4.78, 5) is 28.0. The molecule has 5 atom stereocenters. The van der Waals surface area contributed by atoms with E-state index in [0.29, 0.717) is 23.4 Å². The Labute approximate surface area is 284 Å². The van der Waals surface area contributed by atoms with E-state index in [1.54, 1.807) is 12.1 Å². The number of rotatable bonds is 12. The average Bonchev–Trinajstić information content (AvgIpc) is 3.83. The second-order valence-electron chi connectivity index (χ2n) is 12.9. The summed E-state index contributed by atoms with van der Waals surface area (Å²) in [6, 6.07) is 16.9. The molecule has 0 spiro atoms. The number of nitrogens with one attached hydrogen (secondary N) is 2. The standard InChI is InChI=1S/C35H41N3O8S2/c1-21(2)18-38(48(42,43)25-11-12-29-27(17-25)28(33(40)36-29)16-24-10-9-22(3)47-24)19-31(39)30(15-23-7-5-4-6-8-23)37-35(41)46-32-20-45-34-26(32)13-14-44-34/h4-12,16-17,21,26,30-32,34,39H,13-15,18-20H2,1-3H3,(H,36,40)(H,37,41)/b28-16-/t26?,30-,31+,32?,34?/m0/s1. The third-order valence-corrected chi connectivity index (χ3v) is 11.5. The van der Waals surface area contributed by atoms with E-state index in [0.717, 1.165) is 21.7 Å². The summed E-state index contributed by atoms with van der Waals surface area (Å²) in [7, 11) is -4.15. The Kier molecular flexibility index (Phi) is 10.3. The van der Waals surface area contributed by atoms with Crippen LogP contribution in [0.1, 0.15) is 41.1 Å². The maximum atomic E-state index is 14.2. The van der Waals surface area contributed by atoms with Crippen LogP contribution in [0, 0.1) is 18.8 Å². The number of hydrogen-bond donors (Lipinski definition) is 3. The zero-order valence-electron chi connectivity index (χ0n) is 27.1. The molecule has 256 valence electrons. The zero-order chi connectivity index (χ0) is 34.0. The lowest BCUT2D eigenvalue weighted by molar-refractivity contribution is -0.110. The molecule has 3 aliphatic heterocycles. The van der Waals surface area contributed by atoms with Gasteiger partial charge in [0.25, 0.3) is 5.91 Å². The number of anilines is 1. The van der Waals surface area contributed by atoms with Gasteiger partial charge in [0.1, 0.15) is 6.10 Å². The van der Waals surface area contributed by atoms with Crippen LogP contribution in [0.5, 0.6) is 0 Å². The van der Waals surface area contributed by atoms with E-state index in [1.165, 1.54) is 27.8 Å². The first kappa shape index (κ1) is 34.3. The maximum Gasteiger partial charge on any atom is 0.407 e. The Balaban J connectivity index is 1.24. The summed E-state index contributed by atoms with van der Waals surface area (Å²) in [6.45, 7) is 6.36. The smallest absolute Gasteiger partial charge is 0.407 e. The highest BCUT2D eigenvalue weighted by atomic mass is 32.2. The number of hydrogen-bond acceptors (Lipinski definition) is 9. The first-order chi connectivity index (χ1) is 23.0. The quantitative estimate of drug-likeness (QED) is 0.233. The molecule has 3 aromatic rings. The molecule has 3 N–H and O–H groups in total. The number of ether oxygens (including phenoxy) is 3. The fourth-order valence-corrected chi connectivity index (χ4v) is 8.80. The normalized spacial score (nSPS) is 22.5. The number of aryl methyl sites for hydroxylation is 1. The van der Waals surface area contributed by atoms with Crippen molar-refractivity contribution in [3.05, 3.63) is 81.5 Å². The summed E-state index contributed by atoms with van der Waals surface area (Å²) >= 11 is 1.54. The Morgan fingerprint density at radius 3 is 2.67 bits per heavy atom. The summed E-state index contributed by atoms with van der Waals surface area (Å²) in [6.07, 6.45) is -0.141. The molecule has 0 bridgehead atoms. The van der Waals surface area contributed by atoms with E-state index >= 15 is 0 Å². The van der Waals surface area contributed by atoms with Gasteiger partial charge in [-0.05, 0) is 67.7 Å². The topological polar surface area (TPSA) is 144 Å². The van der Waals surface area contributed by atoms with Crippen LogP contribution < -0.4 is 10.6 Å². The lowest BCUT2D eigenvalue weighted by atomic mass is 10.0. The van der Waals surface area contributed by atoms with Gasteiger partial charge in [-0.15, -0.1) is 11.3 Å². The molecule has 2 fully saturated rings. The third kappa shape index (κ3) is 7.66. The van der Waals surface area contributed by atoms with Crippen LogP contribution in [-0.2, 0) is 35.4 Å². The first-order valence-corrected chi connectivity index (χ1v) is 18.4. The van der Waals surface area contributed by atoms with Crippen molar-refractivity contribution >= 4 is 50.7 Å². The van der Waals surface area contributed by atoms with Gasteiger partial charge in [0, 0.05) is 34.1 Å². The van der Waals surface area contributed by atoms with Gasteiger partial charge in [-0.2, -0.15) is 4.31 Å². The number of sulfonamides is 1. The van der Waals surface area contributed by atoms with E-state index < -0.39 is 34.4 Å². The van der Waals surface area contributed by atoms with Gasteiger partial charge < -0.3 is 30.0 Å². The fourth-order valence-electron chi connectivity index (χ4n) is 6.33. The molecule has 0 saturated carbocycles. The van der Waals surface area contributed by atoms with Crippen molar-refractivity contribution in [2.75, 3.05) is 31.6 Å². The number of aliphatic hydroxyl groups is 1. The molecule has 3 unspecified atom stereocenters. The Hall–Kier alpha value is -3.59. The molecule has 6 rings (SSSR count). The van der Waals surface area contributed by atoms with Crippen molar-refractivity contribution in [2.24, 2.45) is 11.8 Å². The van der Waals surface area contributed by atoms with Gasteiger partial charge in [0.2, 0.25) is 10.0 Å². The summed E-state index contributed by atoms with van der Waals surface area (Å²) in [5, 5.41) is 17.3. The van der Waals surface area contributed by atoms with Crippen molar-refractivity contribution in [3.8, 4) is 0 Å². The van der Waals surface area contributed by atoms with E-state index in [4.69, 9.17) is 14.2 Å². The largest absolute Gasteiger partial charge is 0.443 e. The van der Waals surface area contributed by atoms with Crippen LogP contribution in [-0.4, -0.2) is 80.7 Å². The maximum absolute atomic E-state index is 14.2. The number of nitrogens with zero attached hydrogens (tertiary/aromatic N) is 1. The van der Waals surface area contributed by atoms with Crippen molar-refractivity contribution in [1.82, 2.24) is 9.62 Å². The summed E-state index contributed by atoms with van der Waals surface area (Å²) in [5.74, 6) is -0.430. The molecule has 0 aliphatic carbocycles. The number of benzene rings is 2. The molecule has 3 aliphatic rings. The van der Waals surface area contributed by atoms with Crippen LogP contribution in [0.25, 0.3) is 11.6 Å². The van der Waals surface area contributed by atoms with Gasteiger partial charge in [-0.3, -0.25) is 4.79 Å². The molecule has 2 amide bonds. The van der Waals surface area contributed by atoms with Gasteiger partial charge >= 0.3 is 6.09 Å². The molecule has 0 radical (unpaired) electrons. The van der Waals surface area contributed by atoms with Crippen LogP contribution in [0.2, 0.25) is 0 Å². The van der Waals surface area contributed by atoms with Crippen LogP contribution >= 0.6 is 11.3 Å². The SMILES string of the molecule is Cc1ccc(/C=C2\C(=O)Nc3ccc(S(=O)(=O)N(CC(C)C)C[C@@H](O)[C@H](Cc4ccccc4)NC(=O)OC4COC5OCCC45)cc32)s1. The molecular weight excluding hydrogens is 655 g/mol. The van der Waals surface area contributed by atoms with Crippen molar-refractivity contribution in [1.29, 1.82) is 0 Å². The highest BCUT2D eigenvalue weighted by molar-refractivity contribution is 7.89.